The first-order chi connectivity index (χ1) is 16.5. The number of nitrogens with one attached hydrogen (secondary N) is 3. The highest BCUT2D eigenvalue weighted by Crippen LogP contribution is 2.21. The number of hydrogen-bond acceptors (Lipinski definition) is 5. The first-order valence-electron chi connectivity index (χ1n) is 12.3. The molecule has 35 heavy (non-hydrogen) atoms. The number of ketones is 1. The van der Waals surface area contributed by atoms with Crippen molar-refractivity contribution in [2.45, 2.75) is 79.4 Å². The molecule has 0 radical (unpaired) electrons. The number of carbonyl (C=O) groups is 5. The second-order valence-corrected chi connectivity index (χ2v) is 9.44. The lowest BCUT2D eigenvalue weighted by Gasteiger charge is -2.18. The van der Waals surface area contributed by atoms with E-state index in [-0.39, 0.29) is 18.5 Å². The smallest absolute Gasteiger partial charge is 0.289 e. The van der Waals surface area contributed by atoms with Gasteiger partial charge in [-0.25, -0.2) is 0 Å². The summed E-state index contributed by atoms with van der Waals surface area (Å²) in [6.45, 7) is 11.9. The van der Waals surface area contributed by atoms with Crippen LogP contribution in [0.3, 0.4) is 0 Å². The van der Waals surface area contributed by atoms with Crippen LogP contribution in [-0.2, 0) is 25.7 Å². The second-order valence-electron chi connectivity index (χ2n) is 9.44. The molecule has 9 nitrogen and oxygen atoms in total. The number of hydrogen-bond donors (Lipinski definition) is 3. The van der Waals surface area contributed by atoms with E-state index in [0.29, 0.717) is 12.1 Å². The van der Waals surface area contributed by atoms with Gasteiger partial charge in [-0.1, -0.05) is 59.2 Å². The van der Waals surface area contributed by atoms with Crippen LogP contribution in [0.4, 0.5) is 0 Å². The van der Waals surface area contributed by atoms with Gasteiger partial charge in [-0.05, 0) is 37.3 Å². The van der Waals surface area contributed by atoms with Crippen LogP contribution in [0.1, 0.15) is 76.7 Å². The fourth-order valence-electron chi connectivity index (χ4n) is 2.86. The predicted octanol–water partition coefficient (Wildman–Crippen LogP) is 2.19. The zero-order valence-electron chi connectivity index (χ0n) is 21.8. The van der Waals surface area contributed by atoms with Crippen molar-refractivity contribution in [1.82, 2.24) is 20.9 Å². The number of rotatable bonds is 8. The third-order valence-corrected chi connectivity index (χ3v) is 4.59. The summed E-state index contributed by atoms with van der Waals surface area (Å²) in [6.07, 6.45) is 2.97. The molecule has 0 spiro atoms. The van der Waals surface area contributed by atoms with E-state index in [1.54, 1.807) is 12.1 Å². The topological polar surface area (TPSA) is 125 Å². The van der Waals surface area contributed by atoms with Gasteiger partial charge < -0.3 is 20.9 Å². The van der Waals surface area contributed by atoms with Crippen LogP contribution in [0.2, 0.25) is 0 Å². The van der Waals surface area contributed by atoms with E-state index in [2.05, 4.69) is 50.6 Å². The maximum absolute atomic E-state index is 12.3. The number of carbonyl (C=O) groups excluding carboxylic acids is 5. The molecule has 1 aromatic rings. The van der Waals surface area contributed by atoms with Gasteiger partial charge in [0.15, 0.2) is 0 Å². The lowest BCUT2D eigenvalue weighted by Crippen LogP contribution is -2.49. The predicted molar refractivity (Wildman–Crippen MR) is 134 cm³/mol. The molecule has 1 aliphatic heterocycles. The van der Waals surface area contributed by atoms with Gasteiger partial charge >= 0.3 is 0 Å². The molecule has 1 aromatic carbocycles. The van der Waals surface area contributed by atoms with Crippen LogP contribution in [0.15, 0.2) is 24.3 Å². The molecular weight excluding hydrogens is 448 g/mol. The van der Waals surface area contributed by atoms with Gasteiger partial charge in [0.25, 0.3) is 11.8 Å². The molecule has 1 aliphatic carbocycles. The van der Waals surface area contributed by atoms with Crippen LogP contribution in [0.25, 0.3) is 0 Å². The average Bonchev–Trinajstić information content (AvgIpc) is 3.55. The molecule has 4 amide bonds. The molecule has 1 saturated carbocycles. The van der Waals surface area contributed by atoms with Crippen molar-refractivity contribution in [3.8, 4) is 0 Å². The number of amides is 4. The highest BCUT2D eigenvalue weighted by atomic mass is 16.2. The van der Waals surface area contributed by atoms with Gasteiger partial charge in [-0.2, -0.15) is 0 Å². The Morgan fingerprint density at radius 3 is 2.14 bits per heavy atom. The Balaban J connectivity index is 0.000000778. The van der Waals surface area contributed by atoms with Crippen molar-refractivity contribution >= 4 is 29.4 Å². The number of benzene rings is 1. The summed E-state index contributed by atoms with van der Waals surface area (Å²) in [7, 11) is 0. The van der Waals surface area contributed by atoms with E-state index in [1.807, 2.05) is 12.1 Å². The highest BCUT2D eigenvalue weighted by Gasteiger charge is 2.29. The standard InChI is InChI=1S/C19H22N4O5.C4H10.C3H8/c1-11(17(26)20-8-15(24)18(27)22-13-6-7-13)21-16(25)10-23-9-12-4-2-3-5-14(12)19(23)28;1-4(2)3;1-3-2/h2-5,11,13H,6-10H2,1H3,(H,20,26)(H,21,25)(H,22,27);4H,1-3H3;3H2,1-2H3. The SMILES string of the molecule is CC(C)C.CC(NC(=O)CN1Cc2ccccc2C1=O)C(=O)NCC(=O)C(=O)NC1CC1.CCC. The zero-order valence-corrected chi connectivity index (χ0v) is 21.8. The Morgan fingerprint density at radius 2 is 1.60 bits per heavy atom. The lowest BCUT2D eigenvalue weighted by atomic mass is 10.1. The molecule has 1 fully saturated rings. The monoisotopic (exact) mass is 488 g/mol. The molecule has 1 heterocycles. The molecule has 9 heteroatoms. The third-order valence-electron chi connectivity index (χ3n) is 4.59. The molecule has 1 atom stereocenters. The lowest BCUT2D eigenvalue weighted by molar-refractivity contribution is -0.138. The minimum Gasteiger partial charge on any atom is -0.347 e. The Kier molecular flexibility index (Phi) is 12.7. The molecule has 194 valence electrons. The average molecular weight is 489 g/mol. The molecule has 3 rings (SSSR count). The number of nitrogens with zero attached hydrogens (tertiary/aromatic N) is 1. The van der Waals surface area contributed by atoms with Gasteiger partial charge in [0.1, 0.15) is 12.6 Å². The summed E-state index contributed by atoms with van der Waals surface area (Å²) in [5, 5.41) is 7.37. The fraction of sp³-hybridized carbons (Fsp3) is 0.577. The van der Waals surface area contributed by atoms with Crippen LogP contribution >= 0.6 is 0 Å². The summed E-state index contributed by atoms with van der Waals surface area (Å²) in [6, 6.07) is 6.28. The fourth-order valence-corrected chi connectivity index (χ4v) is 2.86. The first kappa shape index (κ1) is 29.8. The summed E-state index contributed by atoms with van der Waals surface area (Å²) >= 11 is 0. The Hall–Kier alpha value is -3.23. The van der Waals surface area contributed by atoms with E-state index >= 15 is 0 Å². The highest BCUT2D eigenvalue weighted by molar-refractivity contribution is 6.37. The van der Waals surface area contributed by atoms with E-state index in [4.69, 9.17) is 0 Å². The summed E-state index contributed by atoms with van der Waals surface area (Å²) in [4.78, 5) is 61.1. The van der Waals surface area contributed by atoms with Crippen molar-refractivity contribution < 1.29 is 24.0 Å². The normalized spacial score (nSPS) is 14.5. The van der Waals surface area contributed by atoms with Crippen molar-refractivity contribution in [1.29, 1.82) is 0 Å². The molecule has 3 N–H and O–H groups in total. The molecular formula is C26H40N4O5. The summed E-state index contributed by atoms with van der Waals surface area (Å²) in [5.74, 6) is -1.92. The Morgan fingerprint density at radius 1 is 1.03 bits per heavy atom. The van der Waals surface area contributed by atoms with Gasteiger partial charge in [0.05, 0.1) is 6.54 Å². The molecule has 2 aliphatic rings. The van der Waals surface area contributed by atoms with E-state index in [9.17, 15) is 24.0 Å². The van der Waals surface area contributed by atoms with Crippen molar-refractivity contribution in [2.75, 3.05) is 13.1 Å². The number of Topliss-reactive ketones (excluding diaryl/α,β-unsaturated/α-hetero) is 1. The van der Waals surface area contributed by atoms with Crippen LogP contribution < -0.4 is 16.0 Å². The van der Waals surface area contributed by atoms with Crippen molar-refractivity contribution in [2.24, 2.45) is 5.92 Å². The minimum absolute atomic E-state index is 0.0600. The Labute approximate surface area is 208 Å². The quantitative estimate of drug-likeness (QED) is 0.484. The van der Waals surface area contributed by atoms with E-state index < -0.39 is 36.1 Å². The summed E-state index contributed by atoms with van der Waals surface area (Å²) < 4.78 is 0. The third kappa shape index (κ3) is 11.2. The van der Waals surface area contributed by atoms with Crippen LogP contribution in [0, 0.1) is 5.92 Å². The molecule has 0 saturated heterocycles. The van der Waals surface area contributed by atoms with Crippen LogP contribution in [-0.4, -0.2) is 59.5 Å². The summed E-state index contributed by atoms with van der Waals surface area (Å²) in [5.41, 5.74) is 1.43. The van der Waals surface area contributed by atoms with Gasteiger partial charge in [0.2, 0.25) is 17.6 Å². The largest absolute Gasteiger partial charge is 0.347 e. The van der Waals surface area contributed by atoms with E-state index in [1.165, 1.54) is 18.2 Å². The minimum atomic E-state index is -0.910. The van der Waals surface area contributed by atoms with Crippen molar-refractivity contribution in [3.63, 3.8) is 0 Å². The first-order valence-corrected chi connectivity index (χ1v) is 12.3. The second kappa shape index (κ2) is 14.9. The van der Waals surface area contributed by atoms with Crippen molar-refractivity contribution in [3.05, 3.63) is 35.4 Å². The maximum Gasteiger partial charge on any atom is 0.289 e. The van der Waals surface area contributed by atoms with Gasteiger partial charge in [0, 0.05) is 18.2 Å². The van der Waals surface area contributed by atoms with Gasteiger partial charge in [-0.15, -0.1) is 0 Å². The van der Waals surface area contributed by atoms with Gasteiger partial charge in [-0.3, -0.25) is 24.0 Å². The zero-order chi connectivity index (χ0) is 26.5. The number of fused-ring (bicyclic) bond motifs is 1. The van der Waals surface area contributed by atoms with E-state index in [0.717, 1.165) is 24.3 Å². The molecule has 1 unspecified atom stereocenters. The Bertz CT molecular complexity index is 893. The maximum atomic E-state index is 12.3. The molecule has 0 aromatic heterocycles. The molecule has 0 bridgehead atoms. The van der Waals surface area contributed by atoms with Crippen LogP contribution in [0.5, 0.6) is 0 Å².